The van der Waals surface area contributed by atoms with Crippen LogP contribution in [0.1, 0.15) is 67.8 Å². The third kappa shape index (κ3) is 3.41. The van der Waals surface area contributed by atoms with Crippen LogP contribution in [0.25, 0.3) is 0 Å². The number of carbonyl (C=O) groups excluding carboxylic acids is 3. The molecule has 0 radical (unpaired) electrons. The van der Waals surface area contributed by atoms with Crippen LogP contribution in [0, 0.1) is 30.1 Å². The molecule has 5 aliphatic rings. The van der Waals surface area contributed by atoms with E-state index in [1.54, 1.807) is 19.1 Å². The number of amides is 4. The molecule has 4 saturated carbocycles. The van der Waals surface area contributed by atoms with Crippen molar-refractivity contribution in [2.75, 3.05) is 0 Å². The summed E-state index contributed by atoms with van der Waals surface area (Å²) >= 11 is 0. The molecule has 0 aromatic heterocycles. The van der Waals surface area contributed by atoms with Gasteiger partial charge in [-0.05, 0) is 87.2 Å². The highest BCUT2D eigenvalue weighted by Crippen LogP contribution is 2.62. The Morgan fingerprint density at radius 1 is 1.09 bits per heavy atom. The monoisotopic (exact) mass is 477 g/mol. The third-order valence-electron chi connectivity index (χ3n) is 8.58. The Balaban J connectivity index is 1.48. The molecule has 6 rings (SSSR count). The Morgan fingerprint density at radius 2 is 1.62 bits per heavy atom. The maximum absolute atomic E-state index is 14.4. The molecule has 2 N–H and O–H groups in total. The standard InChI is InChI=1S/C25H30F3N3O3/c1-3-19(23-11-15-8-16(12-23)10-17(9-15)13-23)31-21(33)24(25(26,27)28,30-22(31)34)29-20(32)18-6-4-14(2)5-7-18/h4-7,15-17,19H,3,8-13H2,1-2H3,(H,29,32)(H,30,34)/t15?,16?,17?,19-,23?,24-/m0/s1. The number of hydrogen-bond donors (Lipinski definition) is 2. The molecule has 0 unspecified atom stereocenters. The Kier molecular flexibility index (Phi) is 5.26. The van der Waals surface area contributed by atoms with Crippen LogP contribution in [0.5, 0.6) is 0 Å². The number of nitrogens with one attached hydrogen (secondary N) is 2. The van der Waals surface area contributed by atoms with E-state index in [2.05, 4.69) is 0 Å². The molecule has 1 heterocycles. The van der Waals surface area contributed by atoms with Gasteiger partial charge in [-0.3, -0.25) is 19.8 Å². The van der Waals surface area contributed by atoms with Crippen molar-refractivity contribution in [3.63, 3.8) is 0 Å². The molecule has 5 fully saturated rings. The lowest BCUT2D eigenvalue weighted by Gasteiger charge is -2.60. The van der Waals surface area contributed by atoms with Gasteiger partial charge in [-0.15, -0.1) is 0 Å². The molecule has 4 aliphatic carbocycles. The van der Waals surface area contributed by atoms with Crippen molar-refractivity contribution in [2.24, 2.45) is 23.2 Å². The van der Waals surface area contributed by atoms with E-state index in [0.29, 0.717) is 24.2 Å². The number of halogens is 3. The summed E-state index contributed by atoms with van der Waals surface area (Å²) in [6.45, 7) is 3.61. The minimum Gasteiger partial charge on any atom is -0.314 e. The van der Waals surface area contributed by atoms with E-state index >= 15 is 0 Å². The Labute approximate surface area is 196 Å². The van der Waals surface area contributed by atoms with E-state index in [0.717, 1.165) is 49.0 Å². The van der Waals surface area contributed by atoms with Crippen LogP contribution in [0.15, 0.2) is 24.3 Å². The first kappa shape index (κ1) is 23.2. The highest BCUT2D eigenvalue weighted by atomic mass is 19.4. The summed E-state index contributed by atoms with van der Waals surface area (Å²) in [6, 6.07) is 4.24. The maximum Gasteiger partial charge on any atom is 0.440 e. The van der Waals surface area contributed by atoms with Gasteiger partial charge in [0.25, 0.3) is 17.5 Å². The summed E-state index contributed by atoms with van der Waals surface area (Å²) in [7, 11) is 0. The number of alkyl halides is 3. The largest absolute Gasteiger partial charge is 0.440 e. The lowest BCUT2D eigenvalue weighted by Crippen LogP contribution is -2.70. The smallest absolute Gasteiger partial charge is 0.314 e. The zero-order valence-corrected chi connectivity index (χ0v) is 19.4. The number of carbonyl (C=O) groups is 3. The summed E-state index contributed by atoms with van der Waals surface area (Å²) in [6.07, 6.45) is 1.08. The Morgan fingerprint density at radius 3 is 2.09 bits per heavy atom. The number of nitrogens with zero attached hydrogens (tertiary/aromatic N) is 1. The van der Waals surface area contributed by atoms with Crippen LogP contribution < -0.4 is 10.6 Å². The first-order chi connectivity index (χ1) is 16.0. The van der Waals surface area contributed by atoms with Gasteiger partial charge >= 0.3 is 12.2 Å². The molecule has 2 atom stereocenters. The molecule has 1 saturated heterocycles. The van der Waals surface area contributed by atoms with E-state index in [-0.39, 0.29) is 11.0 Å². The van der Waals surface area contributed by atoms with E-state index in [4.69, 9.17) is 0 Å². The predicted octanol–water partition coefficient (Wildman–Crippen LogP) is 4.53. The van der Waals surface area contributed by atoms with Gasteiger partial charge in [0.2, 0.25) is 0 Å². The molecule has 0 spiro atoms. The molecule has 1 aliphatic heterocycles. The summed E-state index contributed by atoms with van der Waals surface area (Å²) in [5.41, 5.74) is -3.02. The van der Waals surface area contributed by atoms with Crippen molar-refractivity contribution < 1.29 is 27.6 Å². The number of urea groups is 1. The van der Waals surface area contributed by atoms with E-state index < -0.39 is 35.7 Å². The fraction of sp³-hybridized carbons (Fsp3) is 0.640. The van der Waals surface area contributed by atoms with Crippen molar-refractivity contribution in [2.45, 2.75) is 76.7 Å². The molecule has 1 aromatic rings. The minimum absolute atomic E-state index is 0.0251. The van der Waals surface area contributed by atoms with Gasteiger partial charge in [-0.2, -0.15) is 13.2 Å². The molecule has 4 amide bonds. The Hall–Kier alpha value is -2.58. The van der Waals surface area contributed by atoms with Crippen molar-refractivity contribution in [1.82, 2.24) is 15.5 Å². The summed E-state index contributed by atoms with van der Waals surface area (Å²) in [5.74, 6) is -0.984. The topological polar surface area (TPSA) is 78.5 Å². The fourth-order valence-electron chi connectivity index (χ4n) is 7.60. The highest BCUT2D eigenvalue weighted by Gasteiger charge is 2.71. The number of imide groups is 1. The Bertz CT molecular complexity index is 987. The van der Waals surface area contributed by atoms with Crippen molar-refractivity contribution >= 4 is 17.8 Å². The zero-order chi connectivity index (χ0) is 24.5. The lowest BCUT2D eigenvalue weighted by atomic mass is 9.47. The third-order valence-corrected chi connectivity index (χ3v) is 8.58. The molecule has 4 bridgehead atoms. The van der Waals surface area contributed by atoms with E-state index in [9.17, 15) is 27.6 Å². The zero-order valence-electron chi connectivity index (χ0n) is 19.4. The highest BCUT2D eigenvalue weighted by molar-refractivity contribution is 6.10. The van der Waals surface area contributed by atoms with Crippen LogP contribution in [-0.4, -0.2) is 40.6 Å². The summed E-state index contributed by atoms with van der Waals surface area (Å²) < 4.78 is 43.2. The van der Waals surface area contributed by atoms with Crippen molar-refractivity contribution in [3.8, 4) is 0 Å². The predicted molar refractivity (Wildman–Crippen MR) is 117 cm³/mol. The maximum atomic E-state index is 14.4. The SMILES string of the molecule is CC[C@H](N1C(=O)N[C@](NC(=O)c2ccc(C)cc2)(C(F)(F)F)C1=O)C12CC3CC(CC(C3)C1)C2. The average Bonchev–Trinajstić information content (AvgIpc) is 2.99. The first-order valence-electron chi connectivity index (χ1n) is 12.1. The van der Waals surface area contributed by atoms with Crippen LogP contribution in [0.4, 0.5) is 18.0 Å². The number of benzene rings is 1. The van der Waals surface area contributed by atoms with Crippen LogP contribution >= 0.6 is 0 Å². The van der Waals surface area contributed by atoms with E-state index in [1.165, 1.54) is 12.1 Å². The summed E-state index contributed by atoms with van der Waals surface area (Å²) in [4.78, 5) is 40.1. The second-order valence-electron chi connectivity index (χ2n) is 10.9. The van der Waals surface area contributed by atoms with Crippen LogP contribution in [0.3, 0.4) is 0 Å². The van der Waals surface area contributed by atoms with Gasteiger partial charge in [-0.25, -0.2) is 4.79 Å². The second-order valence-corrected chi connectivity index (χ2v) is 10.9. The molecule has 34 heavy (non-hydrogen) atoms. The summed E-state index contributed by atoms with van der Waals surface area (Å²) in [5, 5.41) is 3.69. The molecule has 1 aromatic carbocycles. The van der Waals surface area contributed by atoms with Gasteiger partial charge in [-0.1, -0.05) is 24.6 Å². The van der Waals surface area contributed by atoms with E-state index in [1.807, 2.05) is 17.6 Å². The minimum atomic E-state index is -5.21. The number of aryl methyl sites for hydroxylation is 1. The molecular formula is C25H30F3N3O3. The van der Waals surface area contributed by atoms with Gasteiger partial charge < -0.3 is 5.32 Å². The molecular weight excluding hydrogens is 447 g/mol. The second kappa shape index (κ2) is 7.71. The van der Waals surface area contributed by atoms with Crippen molar-refractivity contribution in [3.05, 3.63) is 35.4 Å². The number of rotatable bonds is 5. The number of hydrogen-bond acceptors (Lipinski definition) is 3. The molecule has 9 heteroatoms. The first-order valence-corrected chi connectivity index (χ1v) is 12.1. The van der Waals surface area contributed by atoms with Crippen molar-refractivity contribution in [1.29, 1.82) is 0 Å². The van der Waals surface area contributed by atoms with Gasteiger partial charge in [0, 0.05) is 11.6 Å². The normalized spacial score (nSPS) is 35.4. The molecule has 6 nitrogen and oxygen atoms in total. The lowest BCUT2D eigenvalue weighted by molar-refractivity contribution is -0.202. The van der Waals surface area contributed by atoms with Crippen LogP contribution in [-0.2, 0) is 4.79 Å². The van der Waals surface area contributed by atoms with Gasteiger partial charge in [0.1, 0.15) is 0 Å². The quantitative estimate of drug-likeness (QED) is 0.612. The van der Waals surface area contributed by atoms with Gasteiger partial charge in [0.05, 0.1) is 0 Å². The fourth-order valence-corrected chi connectivity index (χ4v) is 7.60. The van der Waals surface area contributed by atoms with Crippen LogP contribution in [0.2, 0.25) is 0 Å². The average molecular weight is 478 g/mol. The van der Waals surface area contributed by atoms with Gasteiger partial charge in [0.15, 0.2) is 0 Å². The molecule has 184 valence electrons.